The van der Waals surface area contributed by atoms with Crippen molar-refractivity contribution in [3.05, 3.63) is 65.4 Å². The van der Waals surface area contributed by atoms with Gasteiger partial charge in [-0.15, -0.1) is 0 Å². The zero-order valence-corrected chi connectivity index (χ0v) is 15.8. The van der Waals surface area contributed by atoms with Crippen molar-refractivity contribution in [2.75, 3.05) is 19.6 Å². The first-order valence-electron chi connectivity index (χ1n) is 9.97. The first-order valence-corrected chi connectivity index (χ1v) is 9.97. The Hall–Kier alpha value is -2.86. The van der Waals surface area contributed by atoms with Gasteiger partial charge in [0.25, 0.3) is 5.91 Å². The molecule has 0 unspecified atom stereocenters. The summed E-state index contributed by atoms with van der Waals surface area (Å²) in [6, 6.07) is 9.58. The van der Waals surface area contributed by atoms with Crippen LogP contribution in [0, 0.1) is 0 Å². The van der Waals surface area contributed by atoms with E-state index >= 15 is 0 Å². The molecular weight excluding hydrogens is 350 g/mol. The van der Waals surface area contributed by atoms with E-state index in [1.807, 2.05) is 41.4 Å². The average molecular weight is 373 g/mol. The minimum atomic E-state index is 0.0527. The third-order valence-electron chi connectivity index (χ3n) is 5.75. The van der Waals surface area contributed by atoms with Gasteiger partial charge in [-0.1, -0.05) is 6.07 Å². The van der Waals surface area contributed by atoms with Gasteiger partial charge in [0, 0.05) is 60.9 Å². The topological polar surface area (TPSA) is 71.0 Å². The molecule has 1 saturated heterocycles. The van der Waals surface area contributed by atoms with Gasteiger partial charge in [-0.2, -0.15) is 0 Å². The molecule has 6 nitrogen and oxygen atoms in total. The van der Waals surface area contributed by atoms with Crippen LogP contribution in [0.3, 0.4) is 0 Å². The Morgan fingerprint density at radius 3 is 3.07 bits per heavy atom. The molecule has 142 valence electrons. The van der Waals surface area contributed by atoms with Gasteiger partial charge < -0.3 is 10.2 Å². The van der Waals surface area contributed by atoms with Crippen molar-refractivity contribution in [3.8, 4) is 0 Å². The quantitative estimate of drug-likeness (QED) is 0.748. The van der Waals surface area contributed by atoms with Crippen molar-refractivity contribution in [1.82, 2.24) is 25.2 Å². The van der Waals surface area contributed by atoms with Crippen molar-refractivity contribution < 1.29 is 4.79 Å². The first-order chi connectivity index (χ1) is 13.8. The molecule has 4 heterocycles. The van der Waals surface area contributed by atoms with Crippen LogP contribution < -0.4 is 5.32 Å². The molecule has 0 radical (unpaired) electrons. The summed E-state index contributed by atoms with van der Waals surface area (Å²) in [5, 5.41) is 4.41. The molecular formula is C22H23N5O. The van der Waals surface area contributed by atoms with E-state index in [9.17, 15) is 4.79 Å². The highest BCUT2D eigenvalue weighted by atomic mass is 16.2. The van der Waals surface area contributed by atoms with Gasteiger partial charge in [-0.25, -0.2) is 9.97 Å². The Balaban J connectivity index is 1.35. The Morgan fingerprint density at radius 1 is 1.21 bits per heavy atom. The largest absolute Gasteiger partial charge is 0.334 e. The smallest absolute Gasteiger partial charge is 0.254 e. The second-order valence-corrected chi connectivity index (χ2v) is 7.63. The maximum absolute atomic E-state index is 13.0. The lowest BCUT2D eigenvalue weighted by atomic mass is 9.98. The molecule has 2 aromatic heterocycles. The second-order valence-electron chi connectivity index (χ2n) is 7.63. The Labute approximate surface area is 164 Å². The number of hydrogen-bond donors (Lipinski definition) is 1. The van der Waals surface area contributed by atoms with Gasteiger partial charge in [0.1, 0.15) is 5.82 Å². The lowest BCUT2D eigenvalue weighted by Gasteiger charge is -2.29. The number of nitrogens with one attached hydrogen (secondary N) is 1. The number of pyridine rings is 1. The van der Waals surface area contributed by atoms with Crippen LogP contribution in [0.2, 0.25) is 0 Å². The Morgan fingerprint density at radius 2 is 2.18 bits per heavy atom. The number of amides is 1. The number of hydrogen-bond acceptors (Lipinski definition) is 5. The Bertz CT molecular complexity index is 1030. The van der Waals surface area contributed by atoms with Gasteiger partial charge in [0.15, 0.2) is 0 Å². The number of carbonyl (C=O) groups excluding carboxylic acids is 1. The number of aromatic nitrogens is 3. The van der Waals surface area contributed by atoms with E-state index in [1.165, 1.54) is 6.42 Å². The van der Waals surface area contributed by atoms with Crippen LogP contribution in [0.4, 0.5) is 0 Å². The third-order valence-corrected chi connectivity index (χ3v) is 5.75. The summed E-state index contributed by atoms with van der Waals surface area (Å²) in [7, 11) is 0. The van der Waals surface area contributed by atoms with Crippen LogP contribution in [0.25, 0.3) is 10.9 Å². The number of benzene rings is 1. The highest BCUT2D eigenvalue weighted by Crippen LogP contribution is 2.24. The van der Waals surface area contributed by atoms with Gasteiger partial charge >= 0.3 is 0 Å². The van der Waals surface area contributed by atoms with E-state index in [1.54, 1.807) is 6.20 Å². The molecule has 0 aliphatic carbocycles. The number of rotatable bonds is 2. The molecule has 2 aliphatic heterocycles. The minimum absolute atomic E-state index is 0.0527. The van der Waals surface area contributed by atoms with E-state index in [4.69, 9.17) is 4.98 Å². The van der Waals surface area contributed by atoms with Gasteiger partial charge in [-0.05, 0) is 43.7 Å². The molecule has 1 aromatic carbocycles. The lowest BCUT2D eigenvalue weighted by molar-refractivity contribution is 0.0733. The Kier molecular flexibility index (Phi) is 4.49. The third kappa shape index (κ3) is 3.24. The van der Waals surface area contributed by atoms with Crippen LogP contribution in [0.15, 0.2) is 42.7 Å². The maximum atomic E-state index is 13.0. The fraction of sp³-hybridized carbons (Fsp3) is 0.364. The van der Waals surface area contributed by atoms with E-state index < -0.39 is 0 Å². The summed E-state index contributed by atoms with van der Waals surface area (Å²) in [4.78, 5) is 28.7. The zero-order chi connectivity index (χ0) is 18.9. The summed E-state index contributed by atoms with van der Waals surface area (Å²) < 4.78 is 0. The number of piperidine rings is 1. The molecule has 0 spiro atoms. The highest BCUT2D eigenvalue weighted by Gasteiger charge is 2.25. The summed E-state index contributed by atoms with van der Waals surface area (Å²) in [6.45, 7) is 3.31. The molecule has 28 heavy (non-hydrogen) atoms. The monoisotopic (exact) mass is 373 g/mol. The van der Waals surface area contributed by atoms with Gasteiger partial charge in [0.2, 0.25) is 0 Å². The van der Waals surface area contributed by atoms with Crippen molar-refractivity contribution in [2.24, 2.45) is 0 Å². The van der Waals surface area contributed by atoms with E-state index in [-0.39, 0.29) is 5.91 Å². The predicted molar refractivity (Wildman–Crippen MR) is 107 cm³/mol. The summed E-state index contributed by atoms with van der Waals surface area (Å²) in [6.07, 6.45) is 6.80. The van der Waals surface area contributed by atoms with Crippen molar-refractivity contribution in [3.63, 3.8) is 0 Å². The second kappa shape index (κ2) is 7.28. The lowest BCUT2D eigenvalue weighted by Crippen LogP contribution is -2.37. The number of nitrogens with zero attached hydrogens (tertiary/aromatic N) is 4. The molecule has 6 heteroatoms. The number of fused-ring (bicyclic) bond motifs is 2. The molecule has 1 amide bonds. The first kappa shape index (κ1) is 17.3. The summed E-state index contributed by atoms with van der Waals surface area (Å²) in [5.41, 5.74) is 3.77. The average Bonchev–Trinajstić information content (AvgIpc) is 2.78. The maximum Gasteiger partial charge on any atom is 0.254 e. The fourth-order valence-corrected chi connectivity index (χ4v) is 4.17. The van der Waals surface area contributed by atoms with Crippen molar-refractivity contribution in [1.29, 1.82) is 0 Å². The standard InChI is InChI=1S/C22H23N5O/c28-22(16-5-6-19-15(11-16)3-2-9-24-19)27-10-7-20-18(14-27)13-25-21(26-20)17-4-1-8-23-12-17/h2-3,5-6,9,11,13,17,23H,1,4,7-8,10,12,14H2/t17-/m1/s1. The zero-order valence-electron chi connectivity index (χ0n) is 15.8. The predicted octanol–water partition coefficient (Wildman–Crippen LogP) is 2.69. The van der Waals surface area contributed by atoms with Crippen LogP contribution in [-0.4, -0.2) is 45.4 Å². The minimum Gasteiger partial charge on any atom is -0.334 e. The van der Waals surface area contributed by atoms with Crippen LogP contribution in [0.5, 0.6) is 0 Å². The SMILES string of the molecule is O=C(c1ccc2ncccc2c1)N1CCc2nc([C@@H]3CCCNC3)ncc2C1. The molecule has 3 aromatic rings. The molecule has 5 rings (SSSR count). The highest BCUT2D eigenvalue weighted by molar-refractivity contribution is 5.98. The number of carbonyl (C=O) groups is 1. The normalized spacial score (nSPS) is 19.4. The van der Waals surface area contributed by atoms with Crippen molar-refractivity contribution in [2.45, 2.75) is 31.7 Å². The molecule has 0 bridgehead atoms. The van der Waals surface area contributed by atoms with Gasteiger partial charge in [0.05, 0.1) is 11.2 Å². The van der Waals surface area contributed by atoms with Crippen LogP contribution in [0.1, 0.15) is 46.2 Å². The molecule has 2 aliphatic rings. The van der Waals surface area contributed by atoms with Crippen LogP contribution >= 0.6 is 0 Å². The van der Waals surface area contributed by atoms with E-state index in [2.05, 4.69) is 15.3 Å². The summed E-state index contributed by atoms with van der Waals surface area (Å²) in [5.74, 6) is 1.41. The molecule has 0 saturated carbocycles. The molecule has 1 N–H and O–H groups in total. The van der Waals surface area contributed by atoms with E-state index in [0.717, 1.165) is 53.9 Å². The fourth-order valence-electron chi connectivity index (χ4n) is 4.17. The van der Waals surface area contributed by atoms with Gasteiger partial charge in [-0.3, -0.25) is 9.78 Å². The summed E-state index contributed by atoms with van der Waals surface area (Å²) >= 11 is 0. The molecule has 1 atom stereocenters. The van der Waals surface area contributed by atoms with Crippen LogP contribution in [-0.2, 0) is 13.0 Å². The van der Waals surface area contributed by atoms with E-state index in [0.29, 0.717) is 24.6 Å². The molecule has 1 fully saturated rings. The van der Waals surface area contributed by atoms with Crippen molar-refractivity contribution >= 4 is 16.8 Å².